The van der Waals surface area contributed by atoms with Crippen LogP contribution in [0.15, 0.2) is 0 Å². The zero-order valence-electron chi connectivity index (χ0n) is 19.5. The summed E-state index contributed by atoms with van der Waals surface area (Å²) in [5.41, 5.74) is 0.189. The fraction of sp³-hybridized carbons (Fsp3) is 1.00. The van der Waals surface area contributed by atoms with Gasteiger partial charge in [0, 0.05) is 21.3 Å². The molecule has 0 bridgehead atoms. The minimum absolute atomic E-state index is 0.189. The first-order valence-electron chi connectivity index (χ1n) is 9.45. The molecule has 0 heterocycles. The van der Waals surface area contributed by atoms with Crippen molar-refractivity contribution in [3.8, 4) is 0 Å². The third-order valence-corrected chi connectivity index (χ3v) is 24.3. The van der Waals surface area contributed by atoms with Gasteiger partial charge in [0.2, 0.25) is 0 Å². The molecule has 0 amide bonds. The van der Waals surface area contributed by atoms with Gasteiger partial charge in [-0.15, -0.1) is 0 Å². The van der Waals surface area contributed by atoms with Crippen LogP contribution in [-0.2, 0) is 13.3 Å². The van der Waals surface area contributed by atoms with Crippen molar-refractivity contribution >= 4 is 25.3 Å². The van der Waals surface area contributed by atoms with Gasteiger partial charge >= 0.3 is 8.80 Å². The highest BCUT2D eigenvalue weighted by atomic mass is 28.4. The number of hydrogen-bond acceptors (Lipinski definition) is 4. The Kier molecular flexibility index (Phi) is 8.40. The van der Waals surface area contributed by atoms with Gasteiger partial charge in [-0.25, -0.2) is 0 Å². The van der Waals surface area contributed by atoms with Crippen molar-refractivity contribution in [3.05, 3.63) is 0 Å². The highest BCUT2D eigenvalue weighted by molar-refractivity contribution is 6.94. The molecule has 1 atom stereocenters. The lowest BCUT2D eigenvalue weighted by Crippen LogP contribution is -2.77. The van der Waals surface area contributed by atoms with E-state index in [1.807, 2.05) is 0 Å². The number of nitrogens with zero attached hydrogens (tertiary/aromatic N) is 1. The van der Waals surface area contributed by atoms with Crippen LogP contribution in [0.25, 0.3) is 0 Å². The van der Waals surface area contributed by atoms with Gasteiger partial charge in [0.1, 0.15) is 16.5 Å². The summed E-state index contributed by atoms with van der Waals surface area (Å²) in [4.78, 5) is 0. The molecule has 0 aromatic heterocycles. The van der Waals surface area contributed by atoms with E-state index in [4.69, 9.17) is 13.3 Å². The van der Waals surface area contributed by atoms with Crippen LogP contribution in [0.5, 0.6) is 0 Å². The third kappa shape index (κ3) is 4.67. The van der Waals surface area contributed by atoms with Gasteiger partial charge in [-0.05, 0) is 16.5 Å². The van der Waals surface area contributed by atoms with Crippen molar-refractivity contribution < 1.29 is 13.3 Å². The lowest BCUT2D eigenvalue weighted by atomic mass is 10.2. The highest BCUT2D eigenvalue weighted by Crippen LogP contribution is 2.49. The van der Waals surface area contributed by atoms with Crippen LogP contribution in [0, 0.1) is 0 Å². The first kappa shape index (κ1) is 25.5. The topological polar surface area (TPSA) is 30.9 Å². The molecule has 1 unspecified atom stereocenters. The summed E-state index contributed by atoms with van der Waals surface area (Å²) in [6.07, 6.45) is 0.973. The third-order valence-electron chi connectivity index (χ3n) is 6.84. The van der Waals surface area contributed by atoms with Crippen LogP contribution < -0.4 is 0 Å². The lowest BCUT2D eigenvalue weighted by Gasteiger charge is -2.61. The van der Waals surface area contributed by atoms with E-state index in [1.165, 1.54) is 0 Å². The molecular formula is C18H45NO3Si3. The van der Waals surface area contributed by atoms with E-state index in [1.54, 1.807) is 21.3 Å². The van der Waals surface area contributed by atoms with Gasteiger partial charge in [0.15, 0.2) is 0 Å². The normalized spacial score (nSPS) is 16.4. The average Bonchev–Trinajstić information content (AvgIpc) is 2.45. The minimum Gasteiger partial charge on any atom is -0.376 e. The van der Waals surface area contributed by atoms with Gasteiger partial charge in [-0.1, -0.05) is 74.7 Å². The molecule has 0 aliphatic carbocycles. The average molecular weight is 408 g/mol. The quantitative estimate of drug-likeness (QED) is 0.497. The van der Waals surface area contributed by atoms with E-state index >= 15 is 0 Å². The Morgan fingerprint density at radius 2 is 1.00 bits per heavy atom. The molecule has 7 heteroatoms. The van der Waals surface area contributed by atoms with E-state index in [0.29, 0.717) is 0 Å². The van der Waals surface area contributed by atoms with Crippen molar-refractivity contribution in [1.82, 2.24) is 4.23 Å². The molecule has 4 nitrogen and oxygen atoms in total. The van der Waals surface area contributed by atoms with E-state index in [0.717, 1.165) is 6.42 Å². The van der Waals surface area contributed by atoms with Gasteiger partial charge < -0.3 is 17.5 Å². The van der Waals surface area contributed by atoms with Crippen molar-refractivity contribution in [2.24, 2.45) is 0 Å². The molecule has 0 aromatic rings. The Bertz CT molecular complexity index is 390. The first-order chi connectivity index (χ1) is 11.0. The van der Waals surface area contributed by atoms with E-state index in [9.17, 15) is 0 Å². The van der Waals surface area contributed by atoms with Gasteiger partial charge in [-0.3, -0.25) is 0 Å². The second-order valence-corrected chi connectivity index (χ2v) is 23.9. The molecule has 0 rings (SSSR count). The standard InChI is InChI=1S/C18H45NO3Si3/c1-15-16(25(20-8,21-9)22-10)19(23(11,12)17(2,3)4)24(13,14)18(5,6)7/h16H,15H2,1-14H3. The molecule has 0 aromatic carbocycles. The summed E-state index contributed by atoms with van der Waals surface area (Å²) in [5, 5.41) is 0.483. The van der Waals surface area contributed by atoms with E-state index in [2.05, 4.69) is 78.9 Å². The second kappa shape index (κ2) is 8.24. The summed E-state index contributed by atoms with van der Waals surface area (Å²) in [7, 11) is -1.21. The first-order valence-corrected chi connectivity index (χ1v) is 17.1. The predicted molar refractivity (Wildman–Crippen MR) is 117 cm³/mol. The molecule has 0 saturated heterocycles. The SMILES string of the molecule is CCC(N([Si](C)(C)C(C)(C)C)[Si](C)(C)C(C)(C)C)[Si](OC)(OC)OC. The largest absolute Gasteiger partial charge is 0.516 e. The maximum atomic E-state index is 5.98. The fourth-order valence-corrected chi connectivity index (χ4v) is 19.4. The fourth-order valence-electron chi connectivity index (χ4n) is 3.45. The van der Waals surface area contributed by atoms with E-state index in [-0.39, 0.29) is 15.7 Å². The summed E-state index contributed by atoms with van der Waals surface area (Å²) >= 11 is 0. The van der Waals surface area contributed by atoms with Crippen LogP contribution >= 0.6 is 0 Å². The number of hydrogen-bond donors (Lipinski definition) is 0. The predicted octanol–water partition coefficient (Wildman–Crippen LogP) is 5.49. The van der Waals surface area contributed by atoms with Crippen LogP contribution in [0.3, 0.4) is 0 Å². The second-order valence-electron chi connectivity index (χ2n) is 10.1. The summed E-state index contributed by atoms with van der Waals surface area (Å²) in [5.74, 6) is 0. The zero-order valence-corrected chi connectivity index (χ0v) is 22.5. The molecule has 0 aliphatic heterocycles. The molecule has 0 aliphatic rings. The van der Waals surface area contributed by atoms with Gasteiger partial charge in [-0.2, -0.15) is 0 Å². The molecule has 152 valence electrons. The molecule has 0 radical (unpaired) electrons. The summed E-state index contributed by atoms with van der Waals surface area (Å²) in [6, 6.07) is 0. The van der Waals surface area contributed by atoms with Crippen LogP contribution in [0.1, 0.15) is 54.9 Å². The lowest BCUT2D eigenvalue weighted by molar-refractivity contribution is 0.0984. The maximum Gasteiger partial charge on any atom is 0.516 e. The molecular weight excluding hydrogens is 362 g/mol. The minimum atomic E-state index is -2.79. The molecule has 0 N–H and O–H groups in total. The van der Waals surface area contributed by atoms with Crippen molar-refractivity contribution in [2.75, 3.05) is 21.3 Å². The van der Waals surface area contributed by atoms with Crippen molar-refractivity contribution in [3.63, 3.8) is 0 Å². The number of rotatable bonds is 8. The van der Waals surface area contributed by atoms with Crippen molar-refractivity contribution in [2.45, 2.75) is 96.8 Å². The molecule has 25 heavy (non-hydrogen) atoms. The Morgan fingerprint density at radius 1 is 0.720 bits per heavy atom. The Hall–Kier alpha value is 0.491. The monoisotopic (exact) mass is 407 g/mol. The van der Waals surface area contributed by atoms with Crippen LogP contribution in [-0.4, -0.2) is 56.5 Å². The van der Waals surface area contributed by atoms with Crippen LogP contribution in [0.2, 0.25) is 36.3 Å². The summed E-state index contributed by atoms with van der Waals surface area (Å²) in [6.45, 7) is 26.6. The molecule has 0 saturated carbocycles. The Labute approximate surface area is 161 Å². The molecule has 0 spiro atoms. The molecule has 0 fully saturated rings. The maximum absolute atomic E-state index is 5.98. The van der Waals surface area contributed by atoms with E-state index < -0.39 is 25.3 Å². The Morgan fingerprint density at radius 3 is 1.16 bits per heavy atom. The summed E-state index contributed by atoms with van der Waals surface area (Å²) < 4.78 is 20.9. The van der Waals surface area contributed by atoms with Gasteiger partial charge in [0.05, 0.1) is 5.67 Å². The Balaban J connectivity index is 6.69. The van der Waals surface area contributed by atoms with Crippen LogP contribution in [0.4, 0.5) is 0 Å². The smallest absolute Gasteiger partial charge is 0.376 e. The van der Waals surface area contributed by atoms with Gasteiger partial charge in [0.25, 0.3) is 0 Å². The highest BCUT2D eigenvalue weighted by Gasteiger charge is 2.61. The van der Waals surface area contributed by atoms with Crippen molar-refractivity contribution in [1.29, 1.82) is 0 Å². The zero-order chi connectivity index (χ0) is 20.5.